The largest absolute Gasteiger partial charge is 0.494 e. The van der Waals surface area contributed by atoms with Gasteiger partial charge in [-0.3, -0.25) is 4.79 Å². The molecule has 35 heavy (non-hydrogen) atoms. The summed E-state index contributed by atoms with van der Waals surface area (Å²) in [5.74, 6) is -0.701. The number of carboxylic acids is 1. The van der Waals surface area contributed by atoms with Gasteiger partial charge in [-0.2, -0.15) is 0 Å². The molecule has 1 saturated heterocycles. The average Bonchev–Trinajstić information content (AvgIpc) is 2.89. The molecule has 0 saturated carbocycles. The number of ether oxygens (including phenoxy) is 2. The third kappa shape index (κ3) is 5.75. The van der Waals surface area contributed by atoms with Crippen LogP contribution in [0.5, 0.6) is 5.75 Å². The molecule has 0 atom stereocenters. The topological polar surface area (TPSA) is 79.3 Å². The summed E-state index contributed by atoms with van der Waals surface area (Å²) in [6.07, 6.45) is 0. The van der Waals surface area contributed by atoms with Gasteiger partial charge in [0.05, 0.1) is 37.6 Å². The molecule has 1 fully saturated rings. The first-order chi connectivity index (χ1) is 17.0. The maximum absolute atomic E-state index is 13.6. The van der Waals surface area contributed by atoms with E-state index in [1.165, 1.54) is 0 Å². The average molecular weight is 495 g/mol. The zero-order valence-corrected chi connectivity index (χ0v) is 20.2. The van der Waals surface area contributed by atoms with E-state index in [2.05, 4.69) is 0 Å². The molecule has 4 rings (SSSR count). The molecule has 8 heteroatoms. The van der Waals surface area contributed by atoms with Gasteiger partial charge in [0.25, 0.3) is 5.91 Å². The fourth-order valence-electron chi connectivity index (χ4n) is 4.10. The van der Waals surface area contributed by atoms with Gasteiger partial charge >= 0.3 is 5.97 Å². The van der Waals surface area contributed by atoms with Gasteiger partial charge in [-0.05, 0) is 55.5 Å². The van der Waals surface area contributed by atoms with E-state index in [9.17, 15) is 14.7 Å². The minimum absolute atomic E-state index is 0.131. The van der Waals surface area contributed by atoms with Crippen LogP contribution in [0.15, 0.2) is 66.7 Å². The van der Waals surface area contributed by atoms with E-state index in [0.717, 1.165) is 5.56 Å². The molecular formula is C27H27ClN2O5. The van der Waals surface area contributed by atoms with Crippen LogP contribution in [0.25, 0.3) is 0 Å². The van der Waals surface area contributed by atoms with Crippen molar-refractivity contribution in [2.75, 3.05) is 42.7 Å². The second-order valence-electron chi connectivity index (χ2n) is 8.05. The third-order valence-corrected chi connectivity index (χ3v) is 6.03. The summed E-state index contributed by atoms with van der Waals surface area (Å²) in [6.45, 7) is 4.77. The lowest BCUT2D eigenvalue weighted by Crippen LogP contribution is -2.37. The fraction of sp³-hybridized carbons (Fsp3) is 0.259. The molecule has 0 aliphatic carbocycles. The first kappa shape index (κ1) is 24.6. The van der Waals surface area contributed by atoms with Gasteiger partial charge in [0.1, 0.15) is 5.75 Å². The van der Waals surface area contributed by atoms with Crippen molar-refractivity contribution >= 4 is 34.9 Å². The monoisotopic (exact) mass is 494 g/mol. The van der Waals surface area contributed by atoms with Crippen molar-refractivity contribution < 1.29 is 24.2 Å². The number of morpholine rings is 1. The summed E-state index contributed by atoms with van der Waals surface area (Å²) < 4.78 is 11.2. The Labute approximate surface area is 209 Å². The van der Waals surface area contributed by atoms with Crippen LogP contribution in [-0.4, -0.2) is 49.9 Å². The molecule has 1 aliphatic heterocycles. The van der Waals surface area contributed by atoms with Crippen molar-refractivity contribution in [1.29, 1.82) is 0 Å². The minimum atomic E-state index is -1.06. The van der Waals surface area contributed by atoms with Crippen molar-refractivity contribution in [3.63, 3.8) is 0 Å². The van der Waals surface area contributed by atoms with Crippen molar-refractivity contribution in [3.8, 4) is 5.75 Å². The third-order valence-electron chi connectivity index (χ3n) is 5.79. The minimum Gasteiger partial charge on any atom is -0.494 e. The van der Waals surface area contributed by atoms with E-state index in [-0.39, 0.29) is 18.0 Å². The predicted molar refractivity (Wildman–Crippen MR) is 136 cm³/mol. The second kappa shape index (κ2) is 11.3. The number of carboxylic acid groups (broad SMARTS) is 1. The lowest BCUT2D eigenvalue weighted by atomic mass is 10.1. The number of carbonyl (C=O) groups is 2. The molecule has 0 spiro atoms. The van der Waals surface area contributed by atoms with Crippen LogP contribution in [-0.2, 0) is 11.3 Å². The Hall–Kier alpha value is -3.55. The highest BCUT2D eigenvalue weighted by Gasteiger charge is 2.24. The zero-order chi connectivity index (χ0) is 24.8. The van der Waals surface area contributed by atoms with Crippen LogP contribution >= 0.6 is 11.6 Å². The Bertz CT molecular complexity index is 1200. The van der Waals surface area contributed by atoms with Gasteiger partial charge in [0.2, 0.25) is 0 Å². The van der Waals surface area contributed by atoms with Crippen LogP contribution in [0.2, 0.25) is 5.02 Å². The molecular weight excluding hydrogens is 468 g/mol. The SMILES string of the molecule is CCOc1ccc(Cl)cc1CN(C(=O)c1ccccc1)c1ccc(N2CCOCC2)c(C(=O)O)c1. The number of rotatable bonds is 8. The molecule has 1 heterocycles. The zero-order valence-electron chi connectivity index (χ0n) is 19.4. The van der Waals surface area contributed by atoms with Gasteiger partial charge in [-0.15, -0.1) is 0 Å². The van der Waals surface area contributed by atoms with E-state index >= 15 is 0 Å². The number of anilines is 2. The van der Waals surface area contributed by atoms with E-state index in [4.69, 9.17) is 21.1 Å². The molecule has 0 bridgehead atoms. The molecule has 1 N–H and O–H groups in total. The first-order valence-electron chi connectivity index (χ1n) is 11.5. The smallest absolute Gasteiger partial charge is 0.337 e. The molecule has 0 aromatic heterocycles. The highest BCUT2D eigenvalue weighted by atomic mass is 35.5. The molecule has 3 aromatic rings. The molecule has 0 radical (unpaired) electrons. The van der Waals surface area contributed by atoms with Crippen molar-refractivity contribution in [2.24, 2.45) is 0 Å². The molecule has 1 aliphatic rings. The number of benzene rings is 3. The first-order valence-corrected chi connectivity index (χ1v) is 11.8. The van der Waals surface area contributed by atoms with Crippen molar-refractivity contribution in [1.82, 2.24) is 0 Å². The Morgan fingerprint density at radius 1 is 1.06 bits per heavy atom. The van der Waals surface area contributed by atoms with Crippen molar-refractivity contribution in [2.45, 2.75) is 13.5 Å². The number of aromatic carboxylic acids is 1. The lowest BCUT2D eigenvalue weighted by Gasteiger charge is -2.31. The Kier molecular flexibility index (Phi) is 7.90. The molecule has 7 nitrogen and oxygen atoms in total. The summed E-state index contributed by atoms with van der Waals surface area (Å²) >= 11 is 6.26. The highest BCUT2D eigenvalue weighted by Crippen LogP contribution is 2.31. The van der Waals surface area contributed by atoms with Crippen LogP contribution in [0.4, 0.5) is 11.4 Å². The maximum Gasteiger partial charge on any atom is 0.337 e. The summed E-state index contributed by atoms with van der Waals surface area (Å²) in [4.78, 5) is 29.4. The predicted octanol–water partition coefficient (Wildman–Crippen LogP) is 5.12. The Morgan fingerprint density at radius 3 is 2.49 bits per heavy atom. The van der Waals surface area contributed by atoms with Gasteiger partial charge in [0, 0.05) is 34.9 Å². The van der Waals surface area contributed by atoms with E-state index in [1.54, 1.807) is 65.6 Å². The molecule has 0 unspecified atom stereocenters. The Morgan fingerprint density at radius 2 is 1.80 bits per heavy atom. The number of hydrogen-bond donors (Lipinski definition) is 1. The number of amides is 1. The van der Waals surface area contributed by atoms with Crippen LogP contribution < -0.4 is 14.5 Å². The van der Waals surface area contributed by atoms with Gasteiger partial charge < -0.3 is 24.4 Å². The highest BCUT2D eigenvalue weighted by molar-refractivity contribution is 6.30. The number of nitrogens with zero attached hydrogens (tertiary/aromatic N) is 2. The quantitative estimate of drug-likeness (QED) is 0.468. The van der Waals surface area contributed by atoms with Crippen LogP contribution in [0, 0.1) is 0 Å². The summed E-state index contributed by atoms with van der Waals surface area (Å²) in [5, 5.41) is 10.5. The van der Waals surface area contributed by atoms with Crippen molar-refractivity contribution in [3.05, 3.63) is 88.4 Å². The molecule has 1 amide bonds. The lowest BCUT2D eigenvalue weighted by molar-refractivity contribution is 0.0696. The number of hydrogen-bond acceptors (Lipinski definition) is 5. The maximum atomic E-state index is 13.6. The number of halogens is 1. The molecule has 182 valence electrons. The number of carbonyl (C=O) groups excluding carboxylic acids is 1. The van der Waals surface area contributed by atoms with Crippen LogP contribution in [0.3, 0.4) is 0 Å². The summed E-state index contributed by atoms with van der Waals surface area (Å²) in [7, 11) is 0. The van der Waals surface area contributed by atoms with Gasteiger partial charge in [0.15, 0.2) is 0 Å². The van der Waals surface area contributed by atoms with Gasteiger partial charge in [-0.25, -0.2) is 4.79 Å². The second-order valence-corrected chi connectivity index (χ2v) is 8.48. The Balaban J connectivity index is 1.78. The van der Waals surface area contributed by atoms with E-state index < -0.39 is 5.97 Å². The van der Waals surface area contributed by atoms with Gasteiger partial charge in [-0.1, -0.05) is 29.8 Å². The summed E-state index contributed by atoms with van der Waals surface area (Å²) in [6, 6.07) is 19.3. The summed E-state index contributed by atoms with van der Waals surface area (Å²) in [5.41, 5.74) is 2.41. The van der Waals surface area contributed by atoms with E-state index in [0.29, 0.717) is 60.6 Å². The molecule has 3 aromatic carbocycles. The fourth-order valence-corrected chi connectivity index (χ4v) is 4.29. The van der Waals surface area contributed by atoms with E-state index in [1.807, 2.05) is 17.9 Å². The standard InChI is InChI=1S/C27H27ClN2O5/c1-2-35-25-11-8-21(28)16-20(25)18-30(26(31)19-6-4-3-5-7-19)22-9-10-24(23(17-22)27(32)33)29-12-14-34-15-13-29/h3-11,16-17H,2,12-15,18H2,1H3,(H,32,33). The normalized spacial score (nSPS) is 13.4. The van der Waals surface area contributed by atoms with Crippen LogP contribution in [0.1, 0.15) is 33.2 Å².